The van der Waals surface area contributed by atoms with Crippen molar-refractivity contribution in [2.75, 3.05) is 5.32 Å². The number of pyridine rings is 1. The van der Waals surface area contributed by atoms with Gasteiger partial charge in [0.05, 0.1) is 0 Å². The average Bonchev–Trinajstić information content (AvgIpc) is 2.51. The van der Waals surface area contributed by atoms with Gasteiger partial charge in [0.25, 0.3) is 0 Å². The fourth-order valence-electron chi connectivity index (χ4n) is 1.46. The second kappa shape index (κ2) is 8.20. The zero-order valence-corrected chi connectivity index (χ0v) is 13.5. The molecule has 0 aliphatic rings. The number of anilines is 1. The zero-order chi connectivity index (χ0) is 20.1. The summed E-state index contributed by atoms with van der Waals surface area (Å²) >= 11 is 0. The Hall–Kier alpha value is -2.58. The second-order valence-corrected chi connectivity index (χ2v) is 6.10. The molecule has 1 heterocycles. The minimum absolute atomic E-state index is 0.242. The van der Waals surface area contributed by atoms with E-state index in [1.807, 2.05) is 0 Å². The minimum Gasteiger partial charge on any atom is -0.385 e. The van der Waals surface area contributed by atoms with Gasteiger partial charge < -0.3 is 15.8 Å². The molecule has 14 heteroatoms. The first kappa shape index (κ1) is 21.5. The Labute approximate surface area is 144 Å². The summed E-state index contributed by atoms with van der Waals surface area (Å²) < 4.78 is 70.0. The van der Waals surface area contributed by atoms with Crippen LogP contribution in [-0.4, -0.2) is 48.0 Å². The topological polar surface area (TPSA) is 166 Å². The molecule has 0 aromatic carbocycles. The van der Waals surface area contributed by atoms with Crippen molar-refractivity contribution in [1.82, 2.24) is 4.98 Å². The van der Waals surface area contributed by atoms with Gasteiger partial charge in [-0.15, -0.1) is 0 Å². The van der Waals surface area contributed by atoms with Crippen LogP contribution >= 0.6 is 0 Å². The molecule has 1 atom stereocenters. The third kappa shape index (κ3) is 6.73. The lowest BCUT2D eigenvalue weighted by Gasteiger charge is -2.11. The first-order chi connectivity index (χ1) is 11.8. The number of rotatable bonds is 6. The molecule has 4 N–H and O–H groups in total. The molecule has 1 amide bonds. The number of halogens is 3. The van der Waals surface area contributed by atoms with Crippen molar-refractivity contribution in [3.05, 3.63) is 18.2 Å². The lowest BCUT2D eigenvalue weighted by Crippen LogP contribution is -2.38. The third-order valence-electron chi connectivity index (χ3n) is 2.67. The van der Waals surface area contributed by atoms with Crippen molar-refractivity contribution in [1.29, 1.82) is 0 Å². The number of nitrogens with one attached hydrogen (secondary N) is 1. The Morgan fingerprint density at radius 2 is 1.92 bits per heavy atom. The second-order valence-electron chi connectivity index (χ2n) is 4.74. The summed E-state index contributed by atoms with van der Waals surface area (Å²) in [6.07, 6.45) is -6.31. The van der Waals surface area contributed by atoms with Crippen molar-refractivity contribution < 1.29 is 45.3 Å². The first-order valence-electron chi connectivity index (χ1n) is 6.63. The van der Waals surface area contributed by atoms with Gasteiger partial charge in [0, 0.05) is 6.42 Å². The van der Waals surface area contributed by atoms with Gasteiger partial charge in [0.15, 0.2) is 5.03 Å². The van der Waals surface area contributed by atoms with Gasteiger partial charge in [0.1, 0.15) is 11.9 Å². The fourth-order valence-corrected chi connectivity index (χ4v) is 1.93. The highest BCUT2D eigenvalue weighted by Gasteiger charge is 2.43. The molecule has 0 aliphatic carbocycles. The molecule has 0 aliphatic heterocycles. The number of esters is 2. The van der Waals surface area contributed by atoms with Crippen LogP contribution in [-0.2, 0) is 29.2 Å². The number of carbonyl (C=O) groups is 3. The molecular formula is C12H12F3N3O7S. The van der Waals surface area contributed by atoms with Crippen LogP contribution < -0.4 is 11.1 Å². The van der Waals surface area contributed by atoms with Crippen molar-refractivity contribution in [2.24, 2.45) is 5.73 Å². The van der Waals surface area contributed by atoms with Gasteiger partial charge in [0.2, 0.25) is 5.91 Å². The van der Waals surface area contributed by atoms with Crippen molar-refractivity contribution >= 4 is 33.8 Å². The standard InChI is InChI=1S/C12H12F3N3O7S/c13-12(14,15)11(21)25-10(20)6(16)4-5-8(19)17-7-2-1-3-9(18-7)26(22,23)24/h1-3,6H,4-5,16H2,(H,17,18,19)(H,22,23,24)/t6-/m0/s1. The highest BCUT2D eigenvalue weighted by atomic mass is 32.2. The fraction of sp³-hybridized carbons (Fsp3) is 0.333. The summed E-state index contributed by atoms with van der Waals surface area (Å²) in [5, 5.41) is 1.41. The molecule has 144 valence electrons. The van der Waals surface area contributed by atoms with Crippen LogP contribution in [0.1, 0.15) is 12.8 Å². The molecule has 10 nitrogen and oxygen atoms in total. The Morgan fingerprint density at radius 3 is 2.46 bits per heavy atom. The van der Waals surface area contributed by atoms with Gasteiger partial charge >= 0.3 is 28.2 Å². The highest BCUT2D eigenvalue weighted by molar-refractivity contribution is 7.85. The maximum absolute atomic E-state index is 11.9. The summed E-state index contributed by atoms with van der Waals surface area (Å²) in [6.45, 7) is 0. The molecule has 1 rings (SSSR count). The smallest absolute Gasteiger partial charge is 0.385 e. The molecule has 26 heavy (non-hydrogen) atoms. The zero-order valence-electron chi connectivity index (χ0n) is 12.7. The van der Waals surface area contributed by atoms with Crippen LogP contribution in [0.2, 0.25) is 0 Å². The third-order valence-corrected chi connectivity index (χ3v) is 3.42. The summed E-state index contributed by atoms with van der Waals surface area (Å²) in [5.41, 5.74) is 5.23. The maximum Gasteiger partial charge on any atom is 0.491 e. The van der Waals surface area contributed by atoms with Crippen LogP contribution in [0.3, 0.4) is 0 Å². The molecule has 0 fully saturated rings. The van der Waals surface area contributed by atoms with Gasteiger partial charge in [-0.2, -0.15) is 21.6 Å². The number of nitrogens with two attached hydrogens (primary N) is 1. The number of alkyl halides is 3. The number of aromatic nitrogens is 1. The first-order valence-corrected chi connectivity index (χ1v) is 8.07. The maximum atomic E-state index is 11.9. The van der Waals surface area contributed by atoms with Crippen molar-refractivity contribution in [2.45, 2.75) is 30.1 Å². The summed E-state index contributed by atoms with van der Waals surface area (Å²) in [5.74, 6) is -5.44. The SMILES string of the molecule is N[C@@H](CCC(=O)Nc1cccc(S(=O)(=O)O)n1)C(=O)OC(=O)C(F)(F)F. The number of carbonyl (C=O) groups excluding carboxylic acids is 3. The molecule has 0 saturated carbocycles. The van der Waals surface area contributed by atoms with Crippen molar-refractivity contribution in [3.63, 3.8) is 0 Å². The normalized spacial score (nSPS) is 13.0. The summed E-state index contributed by atoms with van der Waals surface area (Å²) in [7, 11) is -4.59. The van der Waals surface area contributed by atoms with E-state index >= 15 is 0 Å². The Bertz CT molecular complexity index is 811. The lowest BCUT2D eigenvalue weighted by molar-refractivity contribution is -0.202. The molecular weight excluding hydrogens is 387 g/mol. The van der Waals surface area contributed by atoms with Crippen LogP contribution in [0.4, 0.5) is 19.0 Å². The predicted octanol–water partition coefficient (Wildman–Crippen LogP) is 0.00640. The minimum atomic E-state index is -5.36. The summed E-state index contributed by atoms with van der Waals surface area (Å²) in [6, 6.07) is 1.67. The van der Waals surface area contributed by atoms with Crippen molar-refractivity contribution in [3.8, 4) is 0 Å². The number of hydrogen-bond acceptors (Lipinski definition) is 8. The summed E-state index contributed by atoms with van der Waals surface area (Å²) in [4.78, 5) is 36.8. The lowest BCUT2D eigenvalue weighted by atomic mass is 10.1. The number of amides is 1. The van der Waals surface area contributed by atoms with E-state index < -0.39 is 58.0 Å². The molecule has 1 aromatic heterocycles. The number of hydrogen-bond donors (Lipinski definition) is 3. The van der Waals surface area contributed by atoms with E-state index in [0.717, 1.165) is 6.07 Å². The van der Waals surface area contributed by atoms with Gasteiger partial charge in [-0.1, -0.05) is 6.07 Å². The van der Waals surface area contributed by atoms with Gasteiger partial charge in [-0.25, -0.2) is 14.6 Å². The Morgan fingerprint density at radius 1 is 1.31 bits per heavy atom. The average molecular weight is 399 g/mol. The van der Waals surface area contributed by atoms with Crippen LogP contribution in [0.25, 0.3) is 0 Å². The highest BCUT2D eigenvalue weighted by Crippen LogP contribution is 2.17. The van der Waals surface area contributed by atoms with Crippen LogP contribution in [0.15, 0.2) is 23.2 Å². The molecule has 0 spiro atoms. The van der Waals surface area contributed by atoms with E-state index in [1.165, 1.54) is 12.1 Å². The quantitative estimate of drug-likeness (QED) is 0.339. The molecule has 0 saturated heterocycles. The van der Waals surface area contributed by atoms with E-state index in [9.17, 15) is 36.0 Å². The molecule has 0 unspecified atom stereocenters. The number of ether oxygens (including phenoxy) is 1. The van der Waals surface area contributed by atoms with E-state index in [0.29, 0.717) is 0 Å². The molecule has 0 radical (unpaired) electrons. The predicted molar refractivity (Wildman–Crippen MR) is 77.0 cm³/mol. The van der Waals surface area contributed by atoms with Gasteiger partial charge in [-0.3, -0.25) is 9.35 Å². The Balaban J connectivity index is 2.57. The van der Waals surface area contributed by atoms with Crippen LogP contribution in [0, 0.1) is 0 Å². The number of nitrogens with zero attached hydrogens (tertiary/aromatic N) is 1. The van der Waals surface area contributed by atoms with E-state index in [4.69, 9.17) is 10.3 Å². The van der Waals surface area contributed by atoms with E-state index in [-0.39, 0.29) is 5.82 Å². The van der Waals surface area contributed by atoms with Crippen LogP contribution in [0.5, 0.6) is 0 Å². The largest absolute Gasteiger partial charge is 0.491 e. The Kier molecular flexibility index (Phi) is 6.77. The van der Waals surface area contributed by atoms with Gasteiger partial charge in [-0.05, 0) is 18.6 Å². The van der Waals surface area contributed by atoms with E-state index in [1.54, 1.807) is 0 Å². The molecule has 0 bridgehead atoms. The molecule has 1 aromatic rings. The monoisotopic (exact) mass is 399 g/mol. The van der Waals surface area contributed by atoms with E-state index in [2.05, 4.69) is 15.0 Å².